The van der Waals surface area contributed by atoms with E-state index in [1.165, 1.54) is 0 Å². The Labute approximate surface area is 60.4 Å². The van der Waals surface area contributed by atoms with Crippen LogP contribution in [0.2, 0.25) is 0 Å². The molecule has 0 radical (unpaired) electrons. The highest BCUT2D eigenvalue weighted by Gasteiger charge is 2.17. The maximum atomic E-state index is 7.14. The molecule has 1 aliphatic rings. The summed E-state index contributed by atoms with van der Waals surface area (Å²) in [5, 5.41) is 10.7. The molecular weight excluding hydrogens is 128 g/mol. The summed E-state index contributed by atoms with van der Waals surface area (Å²) in [6, 6.07) is 0. The molecule has 56 valence electrons. The van der Waals surface area contributed by atoms with Gasteiger partial charge in [-0.25, -0.2) is 0 Å². The van der Waals surface area contributed by atoms with Gasteiger partial charge in [-0.15, -0.1) is 0 Å². The van der Waals surface area contributed by atoms with E-state index in [0.717, 1.165) is 12.2 Å². The Kier molecular flexibility index (Phi) is 1.53. The molecule has 0 aromatic carbocycles. The summed E-state index contributed by atoms with van der Waals surface area (Å²) < 4.78 is 0. The number of nitrogens with one attached hydrogen (secondary N) is 1. The van der Waals surface area contributed by atoms with Crippen LogP contribution in [0.4, 0.5) is 0 Å². The first kappa shape index (κ1) is 6.92. The van der Waals surface area contributed by atoms with Crippen molar-refractivity contribution in [1.29, 1.82) is 5.41 Å². The van der Waals surface area contributed by atoms with Crippen LogP contribution in [0.15, 0.2) is 11.8 Å². The molecular formula is C6H12N4. The highest BCUT2D eigenvalue weighted by atomic mass is 15.7. The molecule has 0 fully saturated rings. The molecule has 0 aromatic rings. The zero-order valence-electron chi connectivity index (χ0n) is 6.26. The quantitative estimate of drug-likeness (QED) is 0.366. The van der Waals surface area contributed by atoms with Crippen LogP contribution in [0.5, 0.6) is 0 Å². The monoisotopic (exact) mass is 140 g/mol. The van der Waals surface area contributed by atoms with Crippen molar-refractivity contribution in [2.24, 2.45) is 5.73 Å². The number of hydrogen-bond donors (Lipinski definition) is 2. The molecule has 0 unspecified atom stereocenters. The number of nitrogens with zero attached hydrogens (tertiary/aromatic N) is 2. The van der Waals surface area contributed by atoms with E-state index in [0.29, 0.717) is 0 Å². The first-order chi connectivity index (χ1) is 4.63. The third-order valence-electron chi connectivity index (χ3n) is 1.71. The maximum absolute atomic E-state index is 7.14. The summed E-state index contributed by atoms with van der Waals surface area (Å²) in [5.74, 6) is 0.0931. The molecule has 0 saturated heterocycles. The van der Waals surface area contributed by atoms with E-state index in [4.69, 9.17) is 11.1 Å². The number of hydrogen-bond acceptors (Lipinski definition) is 2. The van der Waals surface area contributed by atoms with Crippen LogP contribution in [0, 0.1) is 5.41 Å². The number of rotatable bonds is 0. The van der Waals surface area contributed by atoms with Gasteiger partial charge in [0.1, 0.15) is 0 Å². The molecule has 0 spiro atoms. The van der Waals surface area contributed by atoms with Crippen LogP contribution >= 0.6 is 0 Å². The van der Waals surface area contributed by atoms with Crippen LogP contribution in [-0.4, -0.2) is 29.6 Å². The Morgan fingerprint density at radius 1 is 1.80 bits per heavy atom. The molecule has 0 bridgehead atoms. The van der Waals surface area contributed by atoms with E-state index in [-0.39, 0.29) is 5.96 Å². The summed E-state index contributed by atoms with van der Waals surface area (Å²) >= 11 is 0. The average molecular weight is 140 g/mol. The summed E-state index contributed by atoms with van der Waals surface area (Å²) in [4.78, 5) is 0. The fraction of sp³-hybridized carbons (Fsp3) is 0.500. The molecule has 1 aliphatic heterocycles. The van der Waals surface area contributed by atoms with Crippen LogP contribution in [0.3, 0.4) is 0 Å². The minimum atomic E-state index is 0.0931. The number of nitrogens with two attached hydrogens (primary N) is 1. The Hall–Kier alpha value is -1.19. The molecule has 10 heavy (non-hydrogen) atoms. The third kappa shape index (κ3) is 0.920. The molecule has 0 atom stereocenters. The SMILES string of the molecule is CC1=CCN(C(=N)N)N1C. The second-order valence-corrected chi connectivity index (χ2v) is 2.34. The van der Waals surface area contributed by atoms with Gasteiger partial charge in [0, 0.05) is 12.7 Å². The number of hydrazine groups is 1. The Bertz CT molecular complexity index is 184. The predicted molar refractivity (Wildman–Crippen MR) is 40.1 cm³/mol. The van der Waals surface area contributed by atoms with E-state index in [1.54, 1.807) is 5.01 Å². The first-order valence-corrected chi connectivity index (χ1v) is 3.15. The highest BCUT2D eigenvalue weighted by molar-refractivity contribution is 5.74. The van der Waals surface area contributed by atoms with Gasteiger partial charge < -0.3 is 5.73 Å². The molecule has 0 aliphatic carbocycles. The molecule has 4 heteroatoms. The molecule has 1 rings (SSSR count). The lowest BCUT2D eigenvalue weighted by Crippen LogP contribution is -2.43. The number of guanidine groups is 1. The van der Waals surface area contributed by atoms with Gasteiger partial charge in [-0.05, 0) is 13.0 Å². The van der Waals surface area contributed by atoms with Gasteiger partial charge in [-0.3, -0.25) is 15.4 Å². The second-order valence-electron chi connectivity index (χ2n) is 2.34. The fourth-order valence-electron chi connectivity index (χ4n) is 0.924. The summed E-state index contributed by atoms with van der Waals surface area (Å²) in [6.45, 7) is 2.71. The largest absolute Gasteiger partial charge is 0.369 e. The predicted octanol–water partition coefficient (Wildman–Crippen LogP) is -0.0539. The molecule has 0 aromatic heterocycles. The Morgan fingerprint density at radius 3 is 2.60 bits per heavy atom. The van der Waals surface area contributed by atoms with Crippen molar-refractivity contribution < 1.29 is 0 Å². The van der Waals surface area contributed by atoms with Crippen LogP contribution < -0.4 is 5.73 Å². The van der Waals surface area contributed by atoms with E-state index >= 15 is 0 Å². The average Bonchev–Trinajstić information content (AvgIpc) is 2.14. The Balaban J connectivity index is 2.65. The van der Waals surface area contributed by atoms with Crippen molar-refractivity contribution >= 4 is 5.96 Å². The van der Waals surface area contributed by atoms with E-state index in [2.05, 4.69) is 0 Å². The zero-order chi connectivity index (χ0) is 7.72. The van der Waals surface area contributed by atoms with Crippen molar-refractivity contribution in [3.63, 3.8) is 0 Å². The standard InChI is InChI=1S/C6H12N4/c1-5-3-4-10(6(7)8)9(5)2/h3H,4H2,1-2H3,(H3,7,8). The van der Waals surface area contributed by atoms with Crippen molar-refractivity contribution in [2.75, 3.05) is 13.6 Å². The molecule has 3 N–H and O–H groups in total. The van der Waals surface area contributed by atoms with Crippen molar-refractivity contribution in [3.8, 4) is 0 Å². The van der Waals surface area contributed by atoms with Gasteiger partial charge in [-0.1, -0.05) is 0 Å². The summed E-state index contributed by atoms with van der Waals surface area (Å²) in [6.07, 6.45) is 2.03. The molecule has 0 saturated carbocycles. The van der Waals surface area contributed by atoms with Crippen molar-refractivity contribution in [2.45, 2.75) is 6.92 Å². The first-order valence-electron chi connectivity index (χ1n) is 3.15. The van der Waals surface area contributed by atoms with Gasteiger partial charge in [-0.2, -0.15) is 0 Å². The third-order valence-corrected chi connectivity index (χ3v) is 1.71. The Morgan fingerprint density at radius 2 is 2.40 bits per heavy atom. The summed E-state index contributed by atoms with van der Waals surface area (Å²) in [5.41, 5.74) is 6.42. The minimum Gasteiger partial charge on any atom is -0.369 e. The molecule has 4 nitrogen and oxygen atoms in total. The lowest BCUT2D eigenvalue weighted by molar-refractivity contribution is 0.157. The van der Waals surface area contributed by atoms with E-state index in [9.17, 15) is 0 Å². The lowest BCUT2D eigenvalue weighted by atomic mass is 10.5. The van der Waals surface area contributed by atoms with Crippen LogP contribution in [0.1, 0.15) is 6.92 Å². The smallest absolute Gasteiger partial charge is 0.207 e. The van der Waals surface area contributed by atoms with Crippen LogP contribution in [-0.2, 0) is 0 Å². The number of allylic oxidation sites excluding steroid dienone is 1. The van der Waals surface area contributed by atoms with Gasteiger partial charge in [0.05, 0.1) is 6.54 Å². The van der Waals surface area contributed by atoms with E-state index in [1.807, 2.05) is 25.1 Å². The normalized spacial score (nSPS) is 17.6. The van der Waals surface area contributed by atoms with Gasteiger partial charge in [0.25, 0.3) is 0 Å². The van der Waals surface area contributed by atoms with Gasteiger partial charge in [0.2, 0.25) is 5.96 Å². The molecule has 0 amide bonds. The van der Waals surface area contributed by atoms with Gasteiger partial charge in [0.15, 0.2) is 0 Å². The fourth-order valence-corrected chi connectivity index (χ4v) is 0.924. The van der Waals surface area contributed by atoms with E-state index < -0.39 is 0 Å². The topological polar surface area (TPSA) is 56.4 Å². The van der Waals surface area contributed by atoms with Crippen molar-refractivity contribution in [3.05, 3.63) is 11.8 Å². The second kappa shape index (κ2) is 2.21. The lowest BCUT2D eigenvalue weighted by Gasteiger charge is -2.27. The van der Waals surface area contributed by atoms with Crippen molar-refractivity contribution in [1.82, 2.24) is 10.0 Å². The van der Waals surface area contributed by atoms with Crippen LogP contribution in [0.25, 0.3) is 0 Å². The summed E-state index contributed by atoms with van der Waals surface area (Å²) in [7, 11) is 1.89. The zero-order valence-corrected chi connectivity index (χ0v) is 6.26. The highest BCUT2D eigenvalue weighted by Crippen LogP contribution is 2.11. The molecule has 1 heterocycles. The minimum absolute atomic E-state index is 0.0931. The maximum Gasteiger partial charge on any atom is 0.207 e. The van der Waals surface area contributed by atoms with Gasteiger partial charge >= 0.3 is 0 Å².